The van der Waals surface area contributed by atoms with E-state index in [1.807, 2.05) is 0 Å². The summed E-state index contributed by atoms with van der Waals surface area (Å²) < 4.78 is 25.3. The molecule has 1 unspecified atom stereocenters. The number of ketones is 1. The number of nitrogens with zero attached hydrogens (tertiary/aromatic N) is 1. The van der Waals surface area contributed by atoms with Gasteiger partial charge in [-0.3, -0.25) is 4.79 Å². The summed E-state index contributed by atoms with van der Waals surface area (Å²) in [6, 6.07) is 0.956. The Morgan fingerprint density at radius 2 is 2.08 bits per heavy atom. The molecule has 0 saturated heterocycles. The van der Waals surface area contributed by atoms with E-state index in [1.165, 1.54) is 28.1 Å². The second-order valence-corrected chi connectivity index (χ2v) is 10.2. The highest BCUT2D eigenvalue weighted by Crippen LogP contribution is 2.36. The number of hydrogen-bond acceptors (Lipinski definition) is 6. The standard InChI is InChI=1S/C13H14ClN3O4S3/c1-17(7-2-3-7)24(20,21)12-10(18)9(6-23-12)16-13(19)15-8-4-5-22-11(8)14/h4-7,12H,2-3H2,1H3,(H2,15,16,19). The van der Waals surface area contributed by atoms with Crippen molar-refractivity contribution < 1.29 is 18.0 Å². The topological polar surface area (TPSA) is 95.6 Å². The number of carbonyl (C=O) groups excluding carboxylic acids is 2. The molecule has 1 fully saturated rings. The predicted molar refractivity (Wildman–Crippen MR) is 95.7 cm³/mol. The second-order valence-electron chi connectivity index (χ2n) is 5.34. The van der Waals surface area contributed by atoms with E-state index >= 15 is 0 Å². The van der Waals surface area contributed by atoms with Crippen LogP contribution in [0.4, 0.5) is 10.5 Å². The number of thiophene rings is 1. The first-order valence-corrected chi connectivity index (χ1v) is 10.7. The smallest absolute Gasteiger partial charge is 0.305 e. The minimum absolute atomic E-state index is 0.0237. The Hall–Kier alpha value is -1.07. The van der Waals surface area contributed by atoms with Crippen LogP contribution in [0.3, 0.4) is 0 Å². The second kappa shape index (κ2) is 6.68. The number of anilines is 1. The van der Waals surface area contributed by atoms with Crippen LogP contribution in [0, 0.1) is 0 Å². The number of hydrogen-bond donors (Lipinski definition) is 2. The summed E-state index contributed by atoms with van der Waals surface area (Å²) in [5, 5.41) is 7.97. The van der Waals surface area contributed by atoms with E-state index in [0.717, 1.165) is 24.6 Å². The SMILES string of the molecule is CN(C1CC1)S(=O)(=O)C1SC=C(NC(=O)Nc2ccsc2Cl)C1=O. The first kappa shape index (κ1) is 17.7. The fourth-order valence-corrected chi connectivity index (χ4v) is 6.11. The zero-order valence-electron chi connectivity index (χ0n) is 12.5. The van der Waals surface area contributed by atoms with Gasteiger partial charge in [-0.2, -0.15) is 0 Å². The third-order valence-corrected chi connectivity index (χ3v) is 8.56. The third kappa shape index (κ3) is 3.47. The minimum atomic E-state index is -3.75. The van der Waals surface area contributed by atoms with Crippen LogP contribution in [-0.2, 0) is 14.8 Å². The molecule has 0 bridgehead atoms. The normalized spacial score (nSPS) is 21.0. The van der Waals surface area contributed by atoms with Crippen molar-refractivity contribution in [2.45, 2.75) is 23.5 Å². The minimum Gasteiger partial charge on any atom is -0.305 e. The van der Waals surface area contributed by atoms with Crippen LogP contribution in [0.2, 0.25) is 4.34 Å². The molecule has 2 amide bonds. The van der Waals surface area contributed by atoms with Gasteiger partial charge in [0.2, 0.25) is 15.8 Å². The molecule has 1 aromatic heterocycles. The van der Waals surface area contributed by atoms with Crippen LogP contribution in [0.1, 0.15) is 12.8 Å². The number of rotatable bonds is 5. The lowest BCUT2D eigenvalue weighted by molar-refractivity contribution is -0.114. The van der Waals surface area contributed by atoms with Crippen LogP contribution < -0.4 is 10.6 Å². The number of sulfonamides is 1. The van der Waals surface area contributed by atoms with E-state index in [4.69, 9.17) is 11.6 Å². The van der Waals surface area contributed by atoms with Gasteiger partial charge >= 0.3 is 6.03 Å². The first-order chi connectivity index (χ1) is 11.3. The van der Waals surface area contributed by atoms with Crippen molar-refractivity contribution in [2.24, 2.45) is 0 Å². The summed E-state index contributed by atoms with van der Waals surface area (Å²) in [6.07, 6.45) is 1.62. The van der Waals surface area contributed by atoms with Crippen LogP contribution in [0.25, 0.3) is 0 Å². The maximum absolute atomic E-state index is 12.5. The zero-order valence-corrected chi connectivity index (χ0v) is 15.7. The van der Waals surface area contributed by atoms with Crippen molar-refractivity contribution in [3.63, 3.8) is 0 Å². The van der Waals surface area contributed by atoms with Crippen LogP contribution in [-0.4, -0.2) is 42.2 Å². The van der Waals surface area contributed by atoms with Gasteiger partial charge in [-0.15, -0.1) is 23.1 Å². The molecule has 2 heterocycles. The highest BCUT2D eigenvalue weighted by Gasteiger charge is 2.45. The number of allylic oxidation sites excluding steroid dienone is 1. The Bertz CT molecular complexity index is 816. The Morgan fingerprint density at radius 3 is 2.67 bits per heavy atom. The zero-order chi connectivity index (χ0) is 17.5. The van der Waals surface area contributed by atoms with E-state index < -0.39 is 26.4 Å². The summed E-state index contributed by atoms with van der Waals surface area (Å²) >= 11 is 8.03. The van der Waals surface area contributed by atoms with Gasteiger partial charge in [-0.05, 0) is 24.3 Å². The van der Waals surface area contributed by atoms with Crippen LogP contribution in [0.5, 0.6) is 0 Å². The highest BCUT2D eigenvalue weighted by atomic mass is 35.5. The summed E-state index contributed by atoms with van der Waals surface area (Å²) in [7, 11) is -2.26. The Balaban J connectivity index is 1.63. The molecular weight excluding hydrogens is 394 g/mol. The lowest BCUT2D eigenvalue weighted by Gasteiger charge is -2.20. The molecule has 1 atom stereocenters. The molecule has 0 radical (unpaired) electrons. The van der Waals surface area contributed by atoms with E-state index in [9.17, 15) is 18.0 Å². The largest absolute Gasteiger partial charge is 0.323 e. The number of Topliss-reactive ketones (excluding diaryl/α,β-unsaturated/α-hetero) is 1. The summed E-state index contributed by atoms with van der Waals surface area (Å²) in [6.45, 7) is 0. The molecule has 0 aromatic carbocycles. The molecule has 2 N–H and O–H groups in total. The van der Waals surface area contributed by atoms with Gasteiger partial charge in [0.25, 0.3) is 0 Å². The molecule has 2 aliphatic rings. The molecular formula is C13H14ClN3O4S3. The summed E-state index contributed by atoms with van der Waals surface area (Å²) in [5.74, 6) is -0.626. The molecule has 11 heteroatoms. The van der Waals surface area contributed by atoms with Crippen LogP contribution in [0.15, 0.2) is 22.6 Å². The molecule has 1 aliphatic carbocycles. The Morgan fingerprint density at radius 1 is 1.38 bits per heavy atom. The predicted octanol–water partition coefficient (Wildman–Crippen LogP) is 2.43. The lowest BCUT2D eigenvalue weighted by atomic mass is 10.3. The van der Waals surface area contributed by atoms with Crippen molar-refractivity contribution in [2.75, 3.05) is 12.4 Å². The molecule has 1 saturated carbocycles. The summed E-state index contributed by atoms with van der Waals surface area (Å²) in [5.41, 5.74) is 0.386. The molecule has 0 spiro atoms. The van der Waals surface area contributed by atoms with Gasteiger partial charge in [0, 0.05) is 18.5 Å². The molecule has 24 heavy (non-hydrogen) atoms. The van der Waals surface area contributed by atoms with Gasteiger partial charge in [0.05, 0.1) is 11.4 Å². The number of halogens is 1. The highest BCUT2D eigenvalue weighted by molar-refractivity contribution is 8.16. The maximum atomic E-state index is 12.5. The Kier molecular flexibility index (Phi) is 4.94. The van der Waals surface area contributed by atoms with Gasteiger partial charge in [-0.25, -0.2) is 17.5 Å². The van der Waals surface area contributed by atoms with Gasteiger partial charge < -0.3 is 10.6 Å². The van der Waals surface area contributed by atoms with Crippen LogP contribution >= 0.6 is 34.7 Å². The average Bonchev–Trinajstić information content (AvgIpc) is 3.20. The average molecular weight is 408 g/mol. The van der Waals surface area contributed by atoms with E-state index in [0.29, 0.717) is 10.0 Å². The number of thioether (sulfide) groups is 1. The molecule has 1 aromatic rings. The third-order valence-electron chi connectivity index (χ3n) is 3.64. The molecule has 1 aliphatic heterocycles. The van der Waals surface area contributed by atoms with Crippen molar-refractivity contribution in [1.82, 2.24) is 9.62 Å². The maximum Gasteiger partial charge on any atom is 0.323 e. The first-order valence-electron chi connectivity index (χ1n) is 6.98. The van der Waals surface area contributed by atoms with Gasteiger partial charge in [-0.1, -0.05) is 11.6 Å². The van der Waals surface area contributed by atoms with Crippen molar-refractivity contribution in [1.29, 1.82) is 0 Å². The van der Waals surface area contributed by atoms with Gasteiger partial charge in [0.15, 0.2) is 4.58 Å². The fraction of sp³-hybridized carbons (Fsp3) is 0.385. The van der Waals surface area contributed by atoms with Crippen molar-refractivity contribution in [3.8, 4) is 0 Å². The van der Waals surface area contributed by atoms with Crippen molar-refractivity contribution >= 4 is 62.2 Å². The fourth-order valence-electron chi connectivity index (χ4n) is 2.13. The van der Waals surface area contributed by atoms with E-state index in [-0.39, 0.29) is 11.7 Å². The number of carbonyl (C=O) groups is 2. The Labute approximate surface area is 152 Å². The monoisotopic (exact) mass is 407 g/mol. The van der Waals surface area contributed by atoms with Gasteiger partial charge in [0.1, 0.15) is 4.34 Å². The van der Waals surface area contributed by atoms with E-state index in [2.05, 4.69) is 10.6 Å². The quantitative estimate of drug-likeness (QED) is 0.781. The number of nitrogens with one attached hydrogen (secondary N) is 2. The summed E-state index contributed by atoms with van der Waals surface area (Å²) in [4.78, 5) is 24.3. The lowest BCUT2D eigenvalue weighted by Crippen LogP contribution is -2.41. The number of urea groups is 1. The molecule has 130 valence electrons. The molecule has 7 nitrogen and oxygen atoms in total. The number of amides is 2. The van der Waals surface area contributed by atoms with E-state index in [1.54, 1.807) is 11.4 Å². The van der Waals surface area contributed by atoms with Crippen molar-refractivity contribution in [3.05, 3.63) is 26.9 Å². The molecule has 3 rings (SSSR count).